The fraction of sp³-hybridized carbons (Fsp3) is 0.444. The molecule has 0 aromatic carbocycles. The lowest BCUT2D eigenvalue weighted by Gasteiger charge is -2.00. The minimum absolute atomic E-state index is 0.351. The van der Waals surface area contributed by atoms with Crippen LogP contribution in [0.4, 0.5) is 0 Å². The first-order chi connectivity index (χ1) is 5.77. The van der Waals surface area contributed by atoms with Gasteiger partial charge in [0.2, 0.25) is 6.08 Å². The average molecular weight is 163 g/mol. The van der Waals surface area contributed by atoms with Crippen molar-refractivity contribution in [3.8, 4) is 0 Å². The number of hydrogen-bond donors (Lipinski definition) is 0. The summed E-state index contributed by atoms with van der Waals surface area (Å²) in [7, 11) is 0. The Labute approximate surface area is 70.1 Å². The van der Waals surface area contributed by atoms with Gasteiger partial charge in [-0.05, 0) is 31.9 Å². The molecule has 3 heteroatoms. The molecule has 0 N–H and O–H groups in total. The summed E-state index contributed by atoms with van der Waals surface area (Å²) in [6.07, 6.45) is 3.39. The van der Waals surface area contributed by atoms with E-state index >= 15 is 0 Å². The minimum atomic E-state index is -0.351. The minimum Gasteiger partial charge on any atom is -0.464 e. The van der Waals surface area contributed by atoms with Gasteiger partial charge in [-0.15, -0.1) is 0 Å². The Bertz CT molecular complexity index is 343. The van der Waals surface area contributed by atoms with Crippen LogP contribution in [0.25, 0.3) is 0 Å². The second kappa shape index (κ2) is 2.32. The molecule has 0 saturated heterocycles. The molecule has 0 aliphatic heterocycles. The lowest BCUT2D eigenvalue weighted by Crippen LogP contribution is -1.99. The molecule has 1 aliphatic carbocycles. The predicted octanol–water partition coefficient (Wildman–Crippen LogP) is 1.91. The molecule has 0 radical (unpaired) electrons. The van der Waals surface area contributed by atoms with Gasteiger partial charge in [-0.3, -0.25) is 0 Å². The molecule has 12 heavy (non-hydrogen) atoms. The van der Waals surface area contributed by atoms with Gasteiger partial charge in [0, 0.05) is 0 Å². The van der Waals surface area contributed by atoms with Crippen molar-refractivity contribution in [2.45, 2.75) is 25.3 Å². The molecule has 62 valence electrons. The molecule has 2 rings (SSSR count). The Hall–Kier alpha value is -1.34. The number of isocyanates is 1. The summed E-state index contributed by atoms with van der Waals surface area (Å²) >= 11 is 0. The van der Waals surface area contributed by atoms with E-state index in [4.69, 9.17) is 4.42 Å². The van der Waals surface area contributed by atoms with Crippen molar-refractivity contribution >= 4 is 6.08 Å². The summed E-state index contributed by atoms with van der Waals surface area (Å²) in [6, 6.07) is 3.76. The van der Waals surface area contributed by atoms with Crippen molar-refractivity contribution in [1.82, 2.24) is 0 Å². The molecule has 0 unspecified atom stereocenters. The first-order valence-corrected chi connectivity index (χ1v) is 3.93. The highest BCUT2D eigenvalue weighted by atomic mass is 16.3. The molecular weight excluding hydrogens is 154 g/mol. The van der Waals surface area contributed by atoms with Gasteiger partial charge in [-0.2, -0.15) is 4.99 Å². The molecular formula is C9H9NO2. The molecule has 0 amide bonds. The van der Waals surface area contributed by atoms with Crippen LogP contribution in [-0.4, -0.2) is 6.08 Å². The van der Waals surface area contributed by atoms with Crippen LogP contribution in [0.3, 0.4) is 0 Å². The summed E-state index contributed by atoms with van der Waals surface area (Å²) in [5, 5.41) is 0. The Morgan fingerprint density at radius 3 is 2.75 bits per heavy atom. The van der Waals surface area contributed by atoms with Gasteiger partial charge >= 0.3 is 0 Å². The van der Waals surface area contributed by atoms with Gasteiger partial charge in [0.05, 0.1) is 0 Å². The zero-order valence-corrected chi connectivity index (χ0v) is 6.83. The van der Waals surface area contributed by atoms with Gasteiger partial charge < -0.3 is 4.42 Å². The van der Waals surface area contributed by atoms with Crippen LogP contribution in [0, 0.1) is 6.92 Å². The van der Waals surface area contributed by atoms with Crippen molar-refractivity contribution in [3.05, 3.63) is 23.7 Å². The normalized spacial score (nSPS) is 18.4. The van der Waals surface area contributed by atoms with E-state index in [-0.39, 0.29) is 5.54 Å². The van der Waals surface area contributed by atoms with E-state index in [2.05, 4.69) is 4.99 Å². The largest absolute Gasteiger partial charge is 0.464 e. The lowest BCUT2D eigenvalue weighted by atomic mass is 10.2. The summed E-state index contributed by atoms with van der Waals surface area (Å²) in [5.74, 6) is 1.65. The van der Waals surface area contributed by atoms with Crippen LogP contribution < -0.4 is 0 Å². The quantitative estimate of drug-likeness (QED) is 0.493. The number of nitrogens with zero attached hydrogens (tertiary/aromatic N) is 1. The molecule has 1 heterocycles. The molecule has 0 spiro atoms. The van der Waals surface area contributed by atoms with Gasteiger partial charge in [0.1, 0.15) is 17.1 Å². The Balaban J connectivity index is 2.36. The van der Waals surface area contributed by atoms with E-state index in [9.17, 15) is 4.79 Å². The van der Waals surface area contributed by atoms with Crippen LogP contribution in [0.5, 0.6) is 0 Å². The highest BCUT2D eigenvalue weighted by Crippen LogP contribution is 2.49. The predicted molar refractivity (Wildman–Crippen MR) is 42.5 cm³/mol. The first-order valence-electron chi connectivity index (χ1n) is 3.93. The topological polar surface area (TPSA) is 42.6 Å². The maximum atomic E-state index is 10.1. The maximum absolute atomic E-state index is 10.1. The second-order valence-electron chi connectivity index (χ2n) is 3.14. The van der Waals surface area contributed by atoms with Crippen LogP contribution in [0.1, 0.15) is 24.4 Å². The third-order valence-electron chi connectivity index (χ3n) is 2.18. The number of carbonyl (C=O) groups excluding carboxylic acids is 1. The molecule has 0 bridgehead atoms. The molecule has 1 fully saturated rings. The van der Waals surface area contributed by atoms with Crippen molar-refractivity contribution in [3.63, 3.8) is 0 Å². The molecule has 1 aliphatic rings. The molecule has 1 aromatic rings. The third-order valence-corrected chi connectivity index (χ3v) is 2.18. The van der Waals surface area contributed by atoms with Gasteiger partial charge in [0.15, 0.2) is 0 Å². The van der Waals surface area contributed by atoms with Crippen LogP contribution in [0.15, 0.2) is 21.5 Å². The zero-order valence-electron chi connectivity index (χ0n) is 6.83. The summed E-state index contributed by atoms with van der Waals surface area (Å²) in [4.78, 5) is 13.9. The Kier molecular flexibility index (Phi) is 1.42. The smallest absolute Gasteiger partial charge is 0.235 e. The molecule has 0 atom stereocenters. The fourth-order valence-corrected chi connectivity index (χ4v) is 1.30. The van der Waals surface area contributed by atoms with Gasteiger partial charge in [-0.1, -0.05) is 0 Å². The zero-order chi connectivity index (χ0) is 8.60. The molecule has 1 saturated carbocycles. The number of rotatable bonds is 2. The molecule has 1 aromatic heterocycles. The van der Waals surface area contributed by atoms with Gasteiger partial charge in [0.25, 0.3) is 0 Å². The van der Waals surface area contributed by atoms with Crippen LogP contribution in [-0.2, 0) is 10.3 Å². The maximum Gasteiger partial charge on any atom is 0.235 e. The second-order valence-corrected chi connectivity index (χ2v) is 3.14. The van der Waals surface area contributed by atoms with Crippen molar-refractivity contribution in [1.29, 1.82) is 0 Å². The average Bonchev–Trinajstić information content (AvgIpc) is 2.69. The summed E-state index contributed by atoms with van der Waals surface area (Å²) in [5.41, 5.74) is -0.351. The Morgan fingerprint density at radius 1 is 1.58 bits per heavy atom. The number of aryl methyl sites for hydroxylation is 1. The standard InChI is InChI=1S/C9H9NO2/c1-7-2-3-8(12-7)9(4-5-9)10-6-11/h2-3H,4-5H2,1H3. The van der Waals surface area contributed by atoms with Crippen LogP contribution >= 0.6 is 0 Å². The monoisotopic (exact) mass is 163 g/mol. The third kappa shape index (κ3) is 0.990. The fourth-order valence-electron chi connectivity index (χ4n) is 1.30. The van der Waals surface area contributed by atoms with E-state index in [1.165, 1.54) is 0 Å². The van der Waals surface area contributed by atoms with Crippen molar-refractivity contribution in [2.24, 2.45) is 4.99 Å². The van der Waals surface area contributed by atoms with E-state index in [1.54, 1.807) is 6.08 Å². The van der Waals surface area contributed by atoms with E-state index < -0.39 is 0 Å². The first kappa shape index (κ1) is 7.32. The van der Waals surface area contributed by atoms with Gasteiger partial charge in [-0.25, -0.2) is 4.79 Å². The highest BCUT2D eigenvalue weighted by Gasteiger charge is 2.47. The van der Waals surface area contributed by atoms with E-state index in [1.807, 2.05) is 19.1 Å². The highest BCUT2D eigenvalue weighted by molar-refractivity contribution is 5.38. The van der Waals surface area contributed by atoms with E-state index in [0.29, 0.717) is 0 Å². The summed E-state index contributed by atoms with van der Waals surface area (Å²) in [6.45, 7) is 1.88. The number of furan rings is 1. The molecule has 3 nitrogen and oxygen atoms in total. The number of aliphatic imine (C=N–C) groups is 1. The van der Waals surface area contributed by atoms with Crippen LogP contribution in [0.2, 0.25) is 0 Å². The lowest BCUT2D eigenvalue weighted by molar-refractivity contribution is 0.436. The summed E-state index contributed by atoms with van der Waals surface area (Å²) < 4.78 is 5.39. The Morgan fingerprint density at radius 2 is 2.33 bits per heavy atom. The van der Waals surface area contributed by atoms with E-state index in [0.717, 1.165) is 24.4 Å². The number of hydrogen-bond acceptors (Lipinski definition) is 3. The SMILES string of the molecule is Cc1ccc(C2(N=C=O)CC2)o1. The van der Waals surface area contributed by atoms with Crippen molar-refractivity contribution in [2.75, 3.05) is 0 Å². The van der Waals surface area contributed by atoms with Crippen molar-refractivity contribution < 1.29 is 9.21 Å².